The minimum atomic E-state index is -0.0268. The number of imidazole rings is 1. The number of benzene rings is 1. The predicted octanol–water partition coefficient (Wildman–Crippen LogP) is 3.25. The molecule has 2 saturated heterocycles. The summed E-state index contributed by atoms with van der Waals surface area (Å²) in [6, 6.07) is 8.02. The van der Waals surface area contributed by atoms with Gasteiger partial charge in [-0.15, -0.1) is 0 Å². The summed E-state index contributed by atoms with van der Waals surface area (Å²) < 4.78 is 13.4. The molecule has 4 rings (SSSR count). The van der Waals surface area contributed by atoms with Crippen LogP contribution in [0.3, 0.4) is 0 Å². The van der Waals surface area contributed by atoms with Crippen LogP contribution in [0.4, 0.5) is 11.4 Å². The number of carbonyl (C=O) groups is 1. The topological polar surface area (TPSA) is 68.6 Å². The lowest BCUT2D eigenvalue weighted by Gasteiger charge is -2.28. The Labute approximate surface area is 182 Å². The smallest absolute Gasteiger partial charge is 0.234 e. The van der Waals surface area contributed by atoms with E-state index in [1.165, 1.54) is 11.8 Å². The van der Waals surface area contributed by atoms with Gasteiger partial charge in [0.2, 0.25) is 5.91 Å². The minimum Gasteiger partial charge on any atom is -0.378 e. The van der Waals surface area contributed by atoms with Gasteiger partial charge in [-0.25, -0.2) is 4.98 Å². The average Bonchev–Trinajstić information content (AvgIpc) is 3.37. The standard InChI is InChI=1S/C22H30N4O3S/c1-16-17(2)26(14-20-4-3-11-29-20)22(23-16)30-15-21(27)24-18-5-7-19(8-6-18)25-9-12-28-13-10-25/h5-8,20H,3-4,9-15H2,1-2H3,(H,24,27). The summed E-state index contributed by atoms with van der Waals surface area (Å²) in [5, 5.41) is 3.88. The fraction of sp³-hybridized carbons (Fsp3) is 0.545. The minimum absolute atomic E-state index is 0.0268. The van der Waals surface area contributed by atoms with Crippen LogP contribution < -0.4 is 10.2 Å². The van der Waals surface area contributed by atoms with Crippen molar-refractivity contribution in [3.05, 3.63) is 35.7 Å². The fourth-order valence-corrected chi connectivity index (χ4v) is 4.75. The van der Waals surface area contributed by atoms with Crippen molar-refractivity contribution in [1.82, 2.24) is 9.55 Å². The molecule has 3 heterocycles. The SMILES string of the molecule is Cc1nc(SCC(=O)Nc2ccc(N3CCOCC3)cc2)n(CC2CCCO2)c1C. The quantitative estimate of drug-likeness (QED) is 0.680. The highest BCUT2D eigenvalue weighted by Crippen LogP contribution is 2.25. The van der Waals surface area contributed by atoms with Crippen LogP contribution in [0.1, 0.15) is 24.2 Å². The van der Waals surface area contributed by atoms with Crippen molar-refractivity contribution in [2.75, 3.05) is 48.9 Å². The number of morpholine rings is 1. The normalized spacial score (nSPS) is 19.3. The van der Waals surface area contributed by atoms with Gasteiger partial charge in [0.05, 0.1) is 37.3 Å². The second-order valence-corrected chi connectivity index (χ2v) is 8.74. The maximum atomic E-state index is 12.5. The van der Waals surface area contributed by atoms with Crippen LogP contribution in [-0.2, 0) is 20.8 Å². The molecule has 1 atom stereocenters. The number of anilines is 2. The average molecular weight is 431 g/mol. The summed E-state index contributed by atoms with van der Waals surface area (Å²) in [5.41, 5.74) is 4.13. The Morgan fingerprint density at radius 3 is 2.67 bits per heavy atom. The van der Waals surface area contributed by atoms with Gasteiger partial charge in [0.1, 0.15) is 0 Å². The Kier molecular flexibility index (Phi) is 6.97. The van der Waals surface area contributed by atoms with Gasteiger partial charge in [0, 0.05) is 36.8 Å². The molecule has 1 N–H and O–H groups in total. The Bertz CT molecular complexity index is 856. The molecule has 1 amide bonds. The van der Waals surface area contributed by atoms with Crippen molar-refractivity contribution in [1.29, 1.82) is 0 Å². The van der Waals surface area contributed by atoms with Gasteiger partial charge < -0.3 is 24.3 Å². The molecule has 2 aliphatic rings. The van der Waals surface area contributed by atoms with Crippen LogP contribution >= 0.6 is 11.8 Å². The number of carbonyl (C=O) groups excluding carboxylic acids is 1. The van der Waals surface area contributed by atoms with E-state index < -0.39 is 0 Å². The fourth-order valence-electron chi connectivity index (χ4n) is 3.84. The van der Waals surface area contributed by atoms with Crippen molar-refractivity contribution in [3.8, 4) is 0 Å². The number of aryl methyl sites for hydroxylation is 1. The summed E-state index contributed by atoms with van der Waals surface area (Å²) in [6.07, 6.45) is 2.45. The van der Waals surface area contributed by atoms with Crippen molar-refractivity contribution >= 4 is 29.0 Å². The van der Waals surface area contributed by atoms with Crippen LogP contribution in [0, 0.1) is 13.8 Å². The van der Waals surface area contributed by atoms with Gasteiger partial charge >= 0.3 is 0 Å². The van der Waals surface area contributed by atoms with E-state index in [-0.39, 0.29) is 12.0 Å². The first-order valence-corrected chi connectivity index (χ1v) is 11.6. The van der Waals surface area contributed by atoms with Crippen molar-refractivity contribution in [3.63, 3.8) is 0 Å². The van der Waals surface area contributed by atoms with E-state index in [1.54, 1.807) is 0 Å². The molecule has 0 aliphatic carbocycles. The monoisotopic (exact) mass is 430 g/mol. The van der Waals surface area contributed by atoms with E-state index in [1.807, 2.05) is 19.1 Å². The second kappa shape index (κ2) is 9.85. The van der Waals surface area contributed by atoms with Crippen molar-refractivity contribution in [2.45, 2.75) is 44.5 Å². The Hall–Kier alpha value is -2.03. The van der Waals surface area contributed by atoms with Gasteiger partial charge in [-0.05, 0) is 51.0 Å². The van der Waals surface area contributed by atoms with Gasteiger partial charge in [-0.2, -0.15) is 0 Å². The lowest BCUT2D eigenvalue weighted by Crippen LogP contribution is -2.36. The van der Waals surface area contributed by atoms with E-state index in [2.05, 4.69) is 38.8 Å². The molecule has 8 heteroatoms. The zero-order valence-corrected chi connectivity index (χ0v) is 18.5. The van der Waals surface area contributed by atoms with Crippen molar-refractivity contribution < 1.29 is 14.3 Å². The molecule has 2 fully saturated rings. The van der Waals surface area contributed by atoms with Crippen molar-refractivity contribution in [2.24, 2.45) is 0 Å². The molecule has 30 heavy (non-hydrogen) atoms. The van der Waals surface area contributed by atoms with Gasteiger partial charge in [0.15, 0.2) is 5.16 Å². The van der Waals surface area contributed by atoms with E-state index >= 15 is 0 Å². The van der Waals surface area contributed by atoms with E-state index in [9.17, 15) is 4.79 Å². The zero-order valence-electron chi connectivity index (χ0n) is 17.7. The lowest BCUT2D eigenvalue weighted by atomic mass is 10.2. The first-order valence-electron chi connectivity index (χ1n) is 10.6. The highest BCUT2D eigenvalue weighted by atomic mass is 32.2. The number of amides is 1. The van der Waals surface area contributed by atoms with Crippen LogP contribution in [0.25, 0.3) is 0 Å². The van der Waals surface area contributed by atoms with E-state index in [0.717, 1.165) is 80.2 Å². The molecule has 0 bridgehead atoms. The van der Waals surface area contributed by atoms with Gasteiger partial charge in [-0.3, -0.25) is 4.79 Å². The molecule has 0 saturated carbocycles. The molecule has 1 aromatic heterocycles. The van der Waals surface area contributed by atoms with E-state index in [4.69, 9.17) is 9.47 Å². The molecule has 1 aromatic carbocycles. The Morgan fingerprint density at radius 2 is 1.97 bits per heavy atom. The van der Waals surface area contributed by atoms with Crippen LogP contribution in [-0.4, -0.2) is 60.2 Å². The number of aromatic nitrogens is 2. The molecular formula is C22H30N4O3S. The molecule has 1 unspecified atom stereocenters. The summed E-state index contributed by atoms with van der Waals surface area (Å²) >= 11 is 1.48. The first kappa shape index (κ1) is 21.2. The first-order chi connectivity index (χ1) is 14.6. The van der Waals surface area contributed by atoms with Crippen LogP contribution in [0.2, 0.25) is 0 Å². The maximum Gasteiger partial charge on any atom is 0.234 e. The maximum absolute atomic E-state index is 12.5. The Morgan fingerprint density at radius 1 is 1.20 bits per heavy atom. The number of rotatable bonds is 7. The molecule has 0 radical (unpaired) electrons. The molecule has 7 nitrogen and oxygen atoms in total. The largest absolute Gasteiger partial charge is 0.378 e. The summed E-state index contributed by atoms with van der Waals surface area (Å²) in [6.45, 7) is 9.07. The summed E-state index contributed by atoms with van der Waals surface area (Å²) in [5.74, 6) is 0.299. The third-order valence-corrected chi connectivity index (χ3v) is 6.67. The molecule has 0 spiro atoms. The van der Waals surface area contributed by atoms with Crippen LogP contribution in [0.15, 0.2) is 29.4 Å². The second-order valence-electron chi connectivity index (χ2n) is 7.79. The van der Waals surface area contributed by atoms with Crippen LogP contribution in [0.5, 0.6) is 0 Å². The Balaban J connectivity index is 1.32. The molecule has 2 aromatic rings. The van der Waals surface area contributed by atoms with Gasteiger partial charge in [-0.1, -0.05) is 11.8 Å². The highest BCUT2D eigenvalue weighted by molar-refractivity contribution is 7.99. The number of hydrogen-bond donors (Lipinski definition) is 1. The highest BCUT2D eigenvalue weighted by Gasteiger charge is 2.21. The number of nitrogens with zero attached hydrogens (tertiary/aromatic N) is 3. The molecule has 2 aliphatic heterocycles. The lowest BCUT2D eigenvalue weighted by molar-refractivity contribution is -0.113. The predicted molar refractivity (Wildman–Crippen MR) is 120 cm³/mol. The zero-order chi connectivity index (χ0) is 20.9. The third kappa shape index (κ3) is 5.17. The number of thioether (sulfide) groups is 1. The molecular weight excluding hydrogens is 400 g/mol. The van der Waals surface area contributed by atoms with Gasteiger partial charge in [0.25, 0.3) is 0 Å². The number of nitrogens with one attached hydrogen (secondary N) is 1. The summed E-state index contributed by atoms with van der Waals surface area (Å²) in [7, 11) is 0. The molecule has 162 valence electrons. The number of hydrogen-bond acceptors (Lipinski definition) is 6. The van der Waals surface area contributed by atoms with E-state index in [0.29, 0.717) is 5.75 Å². The summed E-state index contributed by atoms with van der Waals surface area (Å²) in [4.78, 5) is 19.5. The number of ether oxygens (including phenoxy) is 2. The third-order valence-electron chi connectivity index (χ3n) is 5.69.